The number of aromatic nitrogens is 4. The number of fused-ring (bicyclic) bond motifs is 1. The van der Waals surface area contributed by atoms with Crippen LogP contribution < -0.4 is 0 Å². The number of carbonyl (C=O) groups excluding carboxylic acids is 1. The van der Waals surface area contributed by atoms with Crippen molar-refractivity contribution < 1.29 is 14.1 Å². The second kappa shape index (κ2) is 8.55. The molecule has 0 atom stereocenters. The molecule has 4 aromatic rings. The van der Waals surface area contributed by atoms with Crippen LogP contribution in [0.4, 0.5) is 0 Å². The van der Waals surface area contributed by atoms with Gasteiger partial charge in [-0.3, -0.25) is 0 Å². The van der Waals surface area contributed by atoms with Gasteiger partial charge in [-0.1, -0.05) is 59.9 Å². The number of ether oxygens (including phenoxy) is 1. The summed E-state index contributed by atoms with van der Waals surface area (Å²) in [6.07, 6.45) is 7.98. The molecule has 174 valence electrons. The monoisotopic (exact) mass is 476 g/mol. The maximum Gasteiger partial charge on any atom is 0.344 e. The van der Waals surface area contributed by atoms with Gasteiger partial charge < -0.3 is 13.8 Å². The maximum absolute atomic E-state index is 13.4. The van der Waals surface area contributed by atoms with Gasteiger partial charge in [-0.15, -0.1) is 0 Å². The minimum Gasteiger partial charge on any atom is -0.457 e. The van der Waals surface area contributed by atoms with E-state index in [0.717, 1.165) is 48.2 Å². The highest BCUT2D eigenvalue weighted by Gasteiger charge is 2.38. The lowest BCUT2D eigenvalue weighted by atomic mass is 10.0. The summed E-state index contributed by atoms with van der Waals surface area (Å²) in [6.45, 7) is 2.22. The Morgan fingerprint density at radius 1 is 1.15 bits per heavy atom. The molecule has 0 saturated heterocycles. The van der Waals surface area contributed by atoms with E-state index in [1.165, 1.54) is 19.2 Å². The van der Waals surface area contributed by atoms with Crippen molar-refractivity contribution >= 4 is 28.6 Å². The minimum atomic E-state index is -0.434. The van der Waals surface area contributed by atoms with Gasteiger partial charge in [0.05, 0.1) is 5.39 Å². The van der Waals surface area contributed by atoms with E-state index < -0.39 is 5.97 Å². The molecule has 6 rings (SSSR count). The van der Waals surface area contributed by atoms with Gasteiger partial charge in [-0.25, -0.2) is 14.8 Å². The number of nitrogens with zero attached hydrogens (tertiary/aromatic N) is 4. The molecular weight excluding hydrogens is 452 g/mol. The third-order valence-electron chi connectivity index (χ3n) is 6.99. The molecular formula is C26H25ClN4O3. The summed E-state index contributed by atoms with van der Waals surface area (Å²) >= 11 is 6.62. The summed E-state index contributed by atoms with van der Waals surface area (Å²) in [6, 6.07) is 9.98. The molecule has 8 heteroatoms. The molecule has 2 fully saturated rings. The van der Waals surface area contributed by atoms with E-state index in [4.69, 9.17) is 20.9 Å². The number of benzene rings is 1. The Hall–Kier alpha value is -3.19. The zero-order valence-corrected chi connectivity index (χ0v) is 19.7. The van der Waals surface area contributed by atoms with E-state index in [2.05, 4.69) is 19.7 Å². The molecule has 2 saturated carbocycles. The molecule has 0 unspecified atom stereocenters. The third kappa shape index (κ3) is 3.59. The molecule has 7 nitrogen and oxygen atoms in total. The van der Waals surface area contributed by atoms with Crippen LogP contribution in [0.1, 0.15) is 77.9 Å². The van der Waals surface area contributed by atoms with Crippen LogP contribution in [-0.4, -0.2) is 25.7 Å². The molecule has 2 aliphatic rings. The molecule has 0 radical (unpaired) electrons. The van der Waals surface area contributed by atoms with Crippen LogP contribution in [0.3, 0.4) is 0 Å². The van der Waals surface area contributed by atoms with E-state index in [1.54, 1.807) is 0 Å². The first kappa shape index (κ1) is 21.4. The third-order valence-corrected chi connectivity index (χ3v) is 7.28. The second-order valence-electron chi connectivity index (χ2n) is 9.24. The number of esters is 1. The first-order valence-corrected chi connectivity index (χ1v) is 12.2. The standard InChI is InChI=1S/C26H25ClN4O3/c1-15-19(20-24(27)28-14-29-25(20)31(15)18-9-5-6-10-18)22-21(23(34-30-22)17-11-12-17)26(32)33-13-16-7-3-2-4-8-16/h2-4,7-8,14,17-18H,5-6,9-13H2,1H3. The molecule has 0 N–H and O–H groups in total. The molecule has 0 amide bonds. The van der Waals surface area contributed by atoms with Crippen LogP contribution in [0, 0.1) is 6.92 Å². The maximum atomic E-state index is 13.4. The summed E-state index contributed by atoms with van der Waals surface area (Å²) in [7, 11) is 0. The van der Waals surface area contributed by atoms with Crippen molar-refractivity contribution in [1.82, 2.24) is 19.7 Å². The lowest BCUT2D eigenvalue weighted by Gasteiger charge is -2.15. The number of rotatable bonds is 6. The lowest BCUT2D eigenvalue weighted by molar-refractivity contribution is 0.0471. The predicted octanol–water partition coefficient (Wildman–Crippen LogP) is 6.40. The minimum absolute atomic E-state index is 0.182. The Morgan fingerprint density at radius 3 is 2.65 bits per heavy atom. The fraction of sp³-hybridized carbons (Fsp3) is 0.385. The highest BCUT2D eigenvalue weighted by atomic mass is 35.5. The summed E-state index contributed by atoms with van der Waals surface area (Å²) in [5.41, 5.74) is 4.29. The predicted molar refractivity (Wildman–Crippen MR) is 128 cm³/mol. The van der Waals surface area contributed by atoms with E-state index >= 15 is 0 Å². The van der Waals surface area contributed by atoms with Crippen LogP contribution in [-0.2, 0) is 11.3 Å². The van der Waals surface area contributed by atoms with Crippen molar-refractivity contribution in [2.45, 2.75) is 64.0 Å². The van der Waals surface area contributed by atoms with Gasteiger partial charge >= 0.3 is 5.97 Å². The summed E-state index contributed by atoms with van der Waals surface area (Å²) < 4.78 is 13.8. The van der Waals surface area contributed by atoms with E-state index in [-0.39, 0.29) is 12.5 Å². The van der Waals surface area contributed by atoms with Crippen LogP contribution in [0.25, 0.3) is 22.3 Å². The highest BCUT2D eigenvalue weighted by Crippen LogP contribution is 2.47. The zero-order chi connectivity index (χ0) is 23.2. The lowest BCUT2D eigenvalue weighted by Crippen LogP contribution is -2.09. The normalized spacial score (nSPS) is 16.4. The zero-order valence-electron chi connectivity index (χ0n) is 19.0. The molecule has 0 aliphatic heterocycles. The van der Waals surface area contributed by atoms with E-state index in [9.17, 15) is 4.79 Å². The van der Waals surface area contributed by atoms with Crippen LogP contribution >= 0.6 is 11.6 Å². The topological polar surface area (TPSA) is 83.0 Å². The second-order valence-corrected chi connectivity index (χ2v) is 9.60. The number of hydrogen-bond donors (Lipinski definition) is 0. The van der Waals surface area contributed by atoms with E-state index in [1.807, 2.05) is 37.3 Å². The highest BCUT2D eigenvalue weighted by molar-refractivity contribution is 6.35. The van der Waals surface area contributed by atoms with Gasteiger partial charge in [0.25, 0.3) is 0 Å². The largest absolute Gasteiger partial charge is 0.457 e. The Balaban J connectivity index is 1.48. The smallest absolute Gasteiger partial charge is 0.344 e. The Labute approximate surface area is 202 Å². The van der Waals surface area contributed by atoms with Gasteiger partial charge in [-0.2, -0.15) is 0 Å². The van der Waals surface area contributed by atoms with Crippen LogP contribution in [0.15, 0.2) is 41.2 Å². The Kier molecular flexibility index (Phi) is 5.37. The number of carbonyl (C=O) groups is 1. The number of halogens is 1. The van der Waals surface area contributed by atoms with Crippen LogP contribution in [0.5, 0.6) is 0 Å². The average molecular weight is 477 g/mol. The first-order chi connectivity index (χ1) is 16.6. The fourth-order valence-electron chi connectivity index (χ4n) is 5.20. The van der Waals surface area contributed by atoms with Crippen molar-refractivity contribution in [2.75, 3.05) is 0 Å². The van der Waals surface area contributed by atoms with E-state index in [0.29, 0.717) is 33.6 Å². The summed E-state index contributed by atoms with van der Waals surface area (Å²) in [4.78, 5) is 22.3. The van der Waals surface area contributed by atoms with Gasteiger partial charge in [0, 0.05) is 23.2 Å². The van der Waals surface area contributed by atoms with Gasteiger partial charge in [-0.05, 0) is 38.2 Å². The molecule has 3 aromatic heterocycles. The average Bonchev–Trinajstić information content (AvgIpc) is 3.25. The van der Waals surface area contributed by atoms with Crippen molar-refractivity contribution in [3.8, 4) is 11.3 Å². The first-order valence-electron chi connectivity index (χ1n) is 11.9. The van der Waals surface area contributed by atoms with Gasteiger partial charge in [0.1, 0.15) is 35.0 Å². The van der Waals surface area contributed by atoms with Crippen molar-refractivity contribution in [2.24, 2.45) is 0 Å². The molecule has 2 aliphatic carbocycles. The van der Waals surface area contributed by atoms with Gasteiger partial charge in [0.15, 0.2) is 5.76 Å². The Bertz CT molecular complexity index is 1370. The van der Waals surface area contributed by atoms with Gasteiger partial charge in [0.2, 0.25) is 0 Å². The molecule has 1 aromatic carbocycles. The number of hydrogen-bond acceptors (Lipinski definition) is 6. The Morgan fingerprint density at radius 2 is 1.91 bits per heavy atom. The molecule has 3 heterocycles. The molecule has 0 spiro atoms. The molecule has 34 heavy (non-hydrogen) atoms. The SMILES string of the molecule is Cc1c(-c2noc(C3CC3)c2C(=O)OCc2ccccc2)c2c(Cl)ncnc2n1C1CCCC1. The van der Waals surface area contributed by atoms with Crippen molar-refractivity contribution in [3.63, 3.8) is 0 Å². The quantitative estimate of drug-likeness (QED) is 0.236. The molecule has 0 bridgehead atoms. The van der Waals surface area contributed by atoms with Crippen molar-refractivity contribution in [3.05, 3.63) is 64.4 Å². The summed E-state index contributed by atoms with van der Waals surface area (Å²) in [5.74, 6) is 0.356. The van der Waals surface area contributed by atoms with Crippen molar-refractivity contribution in [1.29, 1.82) is 0 Å². The summed E-state index contributed by atoms with van der Waals surface area (Å²) in [5, 5.41) is 5.47. The van der Waals surface area contributed by atoms with Crippen LogP contribution in [0.2, 0.25) is 5.15 Å². The fourth-order valence-corrected chi connectivity index (χ4v) is 5.43.